The number of nitrogens with zero attached hydrogens (tertiary/aromatic N) is 2. The molecule has 0 aliphatic rings. The average molecular weight is 338 g/mol. The Bertz CT molecular complexity index is 134. The molecule has 0 heterocycles. The van der Waals surface area contributed by atoms with E-state index in [-0.39, 0.29) is 35.6 Å². The second kappa shape index (κ2) is 23.7. The van der Waals surface area contributed by atoms with Gasteiger partial charge in [0, 0.05) is 13.1 Å². The molecule has 4 N–H and O–H groups in total. The Kier molecular flexibility index (Phi) is 36.0. The van der Waals surface area contributed by atoms with Crippen molar-refractivity contribution in [3.05, 3.63) is 25.4 Å². The average Bonchev–Trinajstić information content (AvgIpc) is 2.03. The zero-order valence-corrected chi connectivity index (χ0v) is 9.39. The fourth-order valence-corrected chi connectivity index (χ4v) is 0.283. The molecule has 11 nitrogen and oxygen atoms in total. The van der Waals surface area contributed by atoms with Crippen LogP contribution in [0.15, 0.2) is 0 Å². The first-order chi connectivity index (χ1) is 6.88. The van der Waals surface area contributed by atoms with Crippen LogP contribution in [-0.2, 0) is 22.4 Å². The fourth-order valence-electron chi connectivity index (χ4n) is 0.283. The van der Waals surface area contributed by atoms with E-state index in [1.165, 1.54) is 0 Å². The molecule has 0 spiro atoms. The first-order valence-electron chi connectivity index (χ1n) is 3.45. The summed E-state index contributed by atoms with van der Waals surface area (Å²) in [5.74, 6) is 0. The van der Waals surface area contributed by atoms with E-state index in [0.29, 0.717) is 13.1 Å². The van der Waals surface area contributed by atoms with Crippen molar-refractivity contribution in [3.8, 4) is 0 Å². The zero-order chi connectivity index (χ0) is 12.7. The van der Waals surface area contributed by atoms with Crippen molar-refractivity contribution in [3.63, 3.8) is 0 Å². The predicted octanol–water partition coefficient (Wildman–Crippen LogP) is -2.03. The van der Waals surface area contributed by atoms with Crippen molar-refractivity contribution in [1.29, 1.82) is 0 Å². The summed E-state index contributed by atoms with van der Waals surface area (Å²) in [6.45, 7) is 1.42. The predicted molar refractivity (Wildman–Crippen MR) is 46.2 cm³/mol. The maximum Gasteiger partial charge on any atom is 1.00 e. The van der Waals surface area contributed by atoms with Crippen LogP contribution >= 0.6 is 0 Å². The molecule has 0 bridgehead atoms. The Morgan fingerprint density at radius 1 is 1.00 bits per heavy atom. The fraction of sp³-hybridized carbons (Fsp3) is 1.00. The summed E-state index contributed by atoms with van der Waals surface area (Å²) >= 11 is 0. The van der Waals surface area contributed by atoms with Gasteiger partial charge in [0.1, 0.15) is 0 Å². The van der Waals surface area contributed by atoms with Gasteiger partial charge in [-0.1, -0.05) is 0 Å². The Morgan fingerprint density at radius 2 is 1.19 bits per heavy atom. The van der Waals surface area contributed by atoms with E-state index >= 15 is 0 Å². The molecule has 102 valence electrons. The zero-order valence-electron chi connectivity index (χ0n) is 7.91. The van der Waals surface area contributed by atoms with E-state index in [1.54, 1.807) is 0 Å². The van der Waals surface area contributed by atoms with E-state index in [1.807, 2.05) is 0 Å². The van der Waals surface area contributed by atoms with Gasteiger partial charge in [-0.3, -0.25) is 0 Å². The maximum atomic E-state index is 8.36. The van der Waals surface area contributed by atoms with Crippen LogP contribution in [0.5, 0.6) is 0 Å². The minimum absolute atomic E-state index is 0. The van der Waals surface area contributed by atoms with Crippen molar-refractivity contribution in [1.82, 2.24) is 5.32 Å². The van der Waals surface area contributed by atoms with Gasteiger partial charge >= 0.3 is 22.4 Å². The normalized spacial score (nSPS) is 7.12. The Hall–Kier alpha value is -0.980. The molecule has 0 rings (SSSR count). The van der Waals surface area contributed by atoms with Gasteiger partial charge in [-0.2, -0.15) is 0 Å². The second-order valence-corrected chi connectivity index (χ2v) is 1.66. The third kappa shape index (κ3) is 206. The standard InChI is InChI=1S/C4H11NO2.Ag.HNO3.NO3/c6-3-1-5-2-4-7;;2*2-1(3)4/h5-7H,1-4H2;;(H,2,3,4);/q;+1;;-1. The molecular formula is C4H12AgN3O8. The van der Waals surface area contributed by atoms with E-state index < -0.39 is 10.2 Å². The van der Waals surface area contributed by atoms with Gasteiger partial charge in [0.2, 0.25) is 0 Å². The smallest absolute Gasteiger partial charge is 0.395 e. The molecule has 0 unspecified atom stereocenters. The number of hydrogen-bond acceptors (Lipinski definition) is 8. The summed E-state index contributed by atoms with van der Waals surface area (Å²) in [6, 6.07) is 0. The molecule has 16 heavy (non-hydrogen) atoms. The quantitative estimate of drug-likeness (QED) is 0.194. The van der Waals surface area contributed by atoms with E-state index in [9.17, 15) is 0 Å². The molecule has 12 heteroatoms. The van der Waals surface area contributed by atoms with Gasteiger partial charge in [0.05, 0.1) is 18.3 Å². The summed E-state index contributed by atoms with van der Waals surface area (Å²) in [5, 5.41) is 47.5. The van der Waals surface area contributed by atoms with Crippen molar-refractivity contribution in [2.45, 2.75) is 0 Å². The molecule has 0 aromatic rings. The molecule has 0 aromatic carbocycles. The number of nitrogens with one attached hydrogen (secondary N) is 1. The van der Waals surface area contributed by atoms with Crippen LogP contribution in [0.25, 0.3) is 0 Å². The van der Waals surface area contributed by atoms with Gasteiger partial charge in [-0.15, -0.1) is 10.1 Å². The molecular weight excluding hydrogens is 326 g/mol. The van der Waals surface area contributed by atoms with Gasteiger partial charge in [0.15, 0.2) is 0 Å². The van der Waals surface area contributed by atoms with Crippen LogP contribution in [0, 0.1) is 25.4 Å². The second-order valence-electron chi connectivity index (χ2n) is 1.66. The van der Waals surface area contributed by atoms with Crippen molar-refractivity contribution in [2.75, 3.05) is 26.3 Å². The van der Waals surface area contributed by atoms with Crippen LogP contribution in [0.4, 0.5) is 0 Å². The van der Waals surface area contributed by atoms with E-state index in [2.05, 4.69) is 5.32 Å². The maximum absolute atomic E-state index is 8.36. The third-order valence-electron chi connectivity index (χ3n) is 0.577. The Morgan fingerprint density at radius 3 is 1.31 bits per heavy atom. The summed E-state index contributed by atoms with van der Waals surface area (Å²) in [5.41, 5.74) is 0. The number of rotatable bonds is 4. The molecule has 0 fully saturated rings. The van der Waals surface area contributed by atoms with Gasteiger partial charge < -0.3 is 36.1 Å². The van der Waals surface area contributed by atoms with Crippen molar-refractivity contribution in [2.24, 2.45) is 0 Å². The minimum atomic E-state index is -1.75. The number of aliphatic hydroxyl groups excluding tert-OH is 2. The van der Waals surface area contributed by atoms with Crippen LogP contribution in [0.3, 0.4) is 0 Å². The Labute approximate surface area is 105 Å². The molecule has 0 aliphatic carbocycles. The molecule has 0 radical (unpaired) electrons. The summed E-state index contributed by atoms with van der Waals surface area (Å²) in [7, 11) is 0. The van der Waals surface area contributed by atoms with E-state index in [0.717, 1.165) is 0 Å². The molecule has 0 saturated heterocycles. The van der Waals surface area contributed by atoms with Crippen LogP contribution in [0.2, 0.25) is 0 Å². The molecule has 0 aliphatic heterocycles. The van der Waals surface area contributed by atoms with Crippen molar-refractivity contribution >= 4 is 0 Å². The van der Waals surface area contributed by atoms with Gasteiger partial charge in [-0.25, -0.2) is 0 Å². The number of hydrogen-bond donors (Lipinski definition) is 4. The van der Waals surface area contributed by atoms with Crippen LogP contribution in [-0.4, -0.2) is 51.9 Å². The molecule has 0 aromatic heterocycles. The van der Waals surface area contributed by atoms with Gasteiger partial charge in [-0.05, 0) is 0 Å². The first kappa shape index (κ1) is 24.3. The minimum Gasteiger partial charge on any atom is -0.395 e. The van der Waals surface area contributed by atoms with Crippen molar-refractivity contribution < 1.29 is 48.0 Å². The van der Waals surface area contributed by atoms with E-state index in [4.69, 9.17) is 40.9 Å². The first-order valence-corrected chi connectivity index (χ1v) is 3.45. The summed E-state index contributed by atoms with van der Waals surface area (Å²) < 4.78 is 0. The number of aliphatic hydroxyl groups is 2. The third-order valence-corrected chi connectivity index (χ3v) is 0.577. The van der Waals surface area contributed by atoms with Crippen LogP contribution in [0.1, 0.15) is 0 Å². The van der Waals surface area contributed by atoms with Crippen LogP contribution < -0.4 is 5.32 Å². The molecule has 0 saturated carbocycles. The topological polar surface area (TPSA) is 182 Å². The monoisotopic (exact) mass is 337 g/mol. The molecule has 0 atom stereocenters. The Balaban J connectivity index is -0.0000000700. The van der Waals surface area contributed by atoms with Gasteiger partial charge in [0.25, 0.3) is 5.09 Å². The SMILES string of the molecule is O=[N+]([O-])O.O=[N+]([O-])[O-].OCCNCCO.[Ag+]. The largest absolute Gasteiger partial charge is 1.00 e. The molecule has 0 amide bonds. The summed E-state index contributed by atoms with van der Waals surface area (Å²) in [4.78, 5) is 16.6. The summed E-state index contributed by atoms with van der Waals surface area (Å²) in [6.07, 6.45) is 0.